The van der Waals surface area contributed by atoms with Crippen molar-refractivity contribution in [2.45, 2.75) is 38.2 Å². The van der Waals surface area contributed by atoms with Crippen molar-refractivity contribution in [3.63, 3.8) is 0 Å². The van der Waals surface area contributed by atoms with Gasteiger partial charge in [-0.05, 0) is 26.3 Å². The first kappa shape index (κ1) is 8.06. The smallest absolute Gasteiger partial charge is 0.320 e. The van der Waals surface area contributed by atoms with Crippen LogP contribution in [0.15, 0.2) is 0 Å². The van der Waals surface area contributed by atoms with Gasteiger partial charge in [-0.2, -0.15) is 0 Å². The Morgan fingerprint density at radius 2 is 2.00 bits per heavy atom. The molecule has 0 bridgehead atoms. The fourth-order valence-corrected chi connectivity index (χ4v) is 0.623. The van der Waals surface area contributed by atoms with Crippen LogP contribution in [0.2, 0.25) is 0 Å². The van der Waals surface area contributed by atoms with Crippen LogP contribution < -0.4 is 11.1 Å². The van der Waals surface area contributed by atoms with Crippen LogP contribution in [0.5, 0.6) is 0 Å². The molecule has 5 N–H and O–H groups in total. The third kappa shape index (κ3) is 6.87. The second-order valence-corrected chi connectivity index (χ2v) is 2.94. The summed E-state index contributed by atoms with van der Waals surface area (Å²) in [4.78, 5) is 21.1. The molecule has 0 aliphatic carbocycles. The maximum atomic E-state index is 10.6. The van der Waals surface area contributed by atoms with E-state index in [1.54, 1.807) is 0 Å². The molecule has 0 aromatic heterocycles. The second kappa shape index (κ2) is 7.19. The normalized spacial score (nSPS) is 20.4. The average molecular weight is 222 g/mol. The van der Waals surface area contributed by atoms with Crippen LogP contribution in [0, 0.1) is 0 Å². The summed E-state index contributed by atoms with van der Waals surface area (Å²) < 4.78 is 30.3. The van der Waals surface area contributed by atoms with Gasteiger partial charge in [0, 0.05) is 5.48 Å². The molecular weight excluding hydrogens is 200 g/mol. The van der Waals surface area contributed by atoms with Gasteiger partial charge in [-0.15, -0.1) is 0 Å². The topological polar surface area (TPSA) is 113 Å². The molecule has 6 nitrogen and oxygen atoms in total. The van der Waals surface area contributed by atoms with E-state index >= 15 is 0 Å². The van der Waals surface area contributed by atoms with Gasteiger partial charge in [0.05, 0.1) is 0 Å². The summed E-state index contributed by atoms with van der Waals surface area (Å²) >= 11 is 0. The molecule has 0 saturated carbocycles. The van der Waals surface area contributed by atoms with Crippen molar-refractivity contribution in [1.82, 2.24) is 5.32 Å². The van der Waals surface area contributed by atoms with Crippen molar-refractivity contribution < 1.29 is 25.3 Å². The minimum atomic E-state index is -2.50. The highest BCUT2D eigenvalue weighted by Crippen LogP contribution is 1.98. The number of carbonyl (C=O) groups is 2. The minimum absolute atomic E-state index is 0.570. The number of aliphatic carboxylic acids is 2. The zero-order valence-corrected chi connectivity index (χ0v) is 8.36. The van der Waals surface area contributed by atoms with E-state index in [1.165, 1.54) is 6.92 Å². The molecule has 0 aromatic rings. The monoisotopic (exact) mass is 222 g/mol. The summed E-state index contributed by atoms with van der Waals surface area (Å²) in [5.41, 5.74) is 5.18. The summed E-state index contributed by atoms with van der Waals surface area (Å²) in [7, 11) is 0. The predicted molar refractivity (Wildman–Crippen MR) is 54.6 cm³/mol. The van der Waals surface area contributed by atoms with Crippen molar-refractivity contribution in [2.75, 3.05) is 6.54 Å². The number of rotatable bonds is 8. The molecule has 15 heavy (non-hydrogen) atoms. The van der Waals surface area contributed by atoms with Crippen molar-refractivity contribution >= 4 is 11.9 Å². The van der Waals surface area contributed by atoms with Crippen molar-refractivity contribution in [2.24, 2.45) is 5.73 Å². The van der Waals surface area contributed by atoms with Crippen LogP contribution in [0.3, 0.4) is 0 Å². The number of hydrogen-bond acceptors (Lipinski definition) is 4. The third-order valence-electron chi connectivity index (χ3n) is 1.63. The predicted octanol–water partition coefficient (Wildman–Crippen LogP) is -0.369. The van der Waals surface area contributed by atoms with Gasteiger partial charge in [-0.1, -0.05) is 6.37 Å². The van der Waals surface area contributed by atoms with Gasteiger partial charge in [-0.3, -0.25) is 9.59 Å². The lowest BCUT2D eigenvalue weighted by molar-refractivity contribution is -0.139. The standard InChI is InChI=1S/C9H18N2O4/c1-6(8(12)13)11-5-3-2-4-7(10)9(14)15/h6-7,11H,2-5,10H2,1H3,(H,12,13)(H,14,15)/t6?,7-/m0/s1/i2D2,3D2. The summed E-state index contributed by atoms with van der Waals surface area (Å²) in [6.45, 7) is 0.719. The van der Waals surface area contributed by atoms with Crippen molar-refractivity contribution in [3.05, 3.63) is 0 Å². The van der Waals surface area contributed by atoms with Gasteiger partial charge in [0.15, 0.2) is 0 Å². The van der Waals surface area contributed by atoms with Gasteiger partial charge in [0.1, 0.15) is 12.1 Å². The van der Waals surface area contributed by atoms with E-state index in [1.807, 2.05) is 0 Å². The van der Waals surface area contributed by atoms with Crippen LogP contribution >= 0.6 is 0 Å². The Morgan fingerprint density at radius 1 is 1.40 bits per heavy atom. The number of carboxylic acid groups (broad SMARTS) is 2. The summed E-state index contributed by atoms with van der Waals surface area (Å²) in [6.07, 6.45) is -5.67. The molecule has 0 radical (unpaired) electrons. The number of hydrogen-bond donors (Lipinski definition) is 4. The lowest BCUT2D eigenvalue weighted by atomic mass is 10.1. The highest BCUT2D eigenvalue weighted by atomic mass is 16.4. The highest BCUT2D eigenvalue weighted by Gasteiger charge is 2.11. The molecule has 88 valence electrons. The molecule has 2 atom stereocenters. The molecule has 1 unspecified atom stereocenters. The second-order valence-electron chi connectivity index (χ2n) is 2.94. The highest BCUT2D eigenvalue weighted by molar-refractivity contribution is 5.73. The fraction of sp³-hybridized carbons (Fsp3) is 0.778. The number of carboxylic acids is 2. The molecule has 0 saturated heterocycles. The molecule has 0 spiro atoms. The van der Waals surface area contributed by atoms with Crippen molar-refractivity contribution in [3.8, 4) is 0 Å². The maximum absolute atomic E-state index is 10.6. The lowest BCUT2D eigenvalue weighted by Crippen LogP contribution is -2.34. The van der Waals surface area contributed by atoms with E-state index in [4.69, 9.17) is 21.4 Å². The Kier molecular flexibility index (Phi) is 3.87. The minimum Gasteiger partial charge on any atom is -0.480 e. The van der Waals surface area contributed by atoms with E-state index in [9.17, 15) is 9.59 Å². The van der Waals surface area contributed by atoms with Crippen LogP contribution in [0.25, 0.3) is 0 Å². The molecule has 0 aliphatic heterocycles. The molecule has 0 fully saturated rings. The van der Waals surface area contributed by atoms with E-state index in [2.05, 4.69) is 5.32 Å². The summed E-state index contributed by atoms with van der Waals surface area (Å²) in [5.74, 6) is -2.62. The molecule has 6 heteroatoms. The molecule has 0 aliphatic rings. The summed E-state index contributed by atoms with van der Waals surface area (Å²) in [5, 5.41) is 19.5. The molecular formula is C9H18N2O4. The summed E-state index contributed by atoms with van der Waals surface area (Å²) in [6, 6.07) is -2.57. The van der Waals surface area contributed by atoms with E-state index < -0.39 is 49.7 Å². The van der Waals surface area contributed by atoms with Crippen LogP contribution in [0.1, 0.15) is 31.6 Å². The van der Waals surface area contributed by atoms with E-state index in [0.29, 0.717) is 0 Å². The van der Waals surface area contributed by atoms with Crippen molar-refractivity contribution in [1.29, 1.82) is 0 Å². The first-order valence-corrected chi connectivity index (χ1v) is 4.35. The molecule has 0 amide bonds. The van der Waals surface area contributed by atoms with Gasteiger partial charge in [0.2, 0.25) is 0 Å². The Balaban J connectivity index is 4.68. The van der Waals surface area contributed by atoms with Crippen LogP contribution in [0.4, 0.5) is 0 Å². The van der Waals surface area contributed by atoms with Gasteiger partial charge >= 0.3 is 11.9 Å². The van der Waals surface area contributed by atoms with Crippen LogP contribution in [-0.4, -0.2) is 40.8 Å². The molecule has 0 aromatic carbocycles. The first-order valence-electron chi connectivity index (χ1n) is 6.35. The van der Waals surface area contributed by atoms with Gasteiger partial charge in [0.25, 0.3) is 0 Å². The molecule has 0 rings (SSSR count). The number of nitrogens with one attached hydrogen (secondary N) is 1. The fourth-order valence-electron chi connectivity index (χ4n) is 0.623. The third-order valence-corrected chi connectivity index (χ3v) is 1.63. The number of nitrogens with two attached hydrogens (primary N) is 1. The van der Waals surface area contributed by atoms with E-state index in [0.717, 1.165) is 0 Å². The Labute approximate surface area is 94.1 Å². The SMILES string of the molecule is [2H]C([2H])(CNC(C)C(=O)O)C([2H])([2H])C[C@H](N)C(=O)O. The average Bonchev–Trinajstić information content (AvgIpc) is 2.24. The van der Waals surface area contributed by atoms with Crippen LogP contribution in [-0.2, 0) is 9.59 Å². The maximum Gasteiger partial charge on any atom is 0.320 e. The zero-order chi connectivity index (χ0) is 15.4. The van der Waals surface area contributed by atoms with Gasteiger partial charge < -0.3 is 21.3 Å². The van der Waals surface area contributed by atoms with E-state index in [-0.39, 0.29) is 0 Å². The molecule has 0 heterocycles. The Bertz CT molecular complexity index is 351. The lowest BCUT2D eigenvalue weighted by Gasteiger charge is -2.09. The Morgan fingerprint density at radius 3 is 2.47 bits per heavy atom. The Hall–Kier alpha value is -1.14. The van der Waals surface area contributed by atoms with Gasteiger partial charge in [-0.25, -0.2) is 0 Å². The first-order chi connectivity index (χ1) is 8.40. The largest absolute Gasteiger partial charge is 0.480 e. The quantitative estimate of drug-likeness (QED) is 0.446. The zero-order valence-electron chi connectivity index (χ0n) is 12.4.